The zero-order valence-electron chi connectivity index (χ0n) is 15.5. The first-order chi connectivity index (χ1) is 12.9. The third-order valence-corrected chi connectivity index (χ3v) is 4.61. The van der Waals surface area contributed by atoms with E-state index in [4.69, 9.17) is 4.74 Å². The third kappa shape index (κ3) is 3.39. The van der Waals surface area contributed by atoms with E-state index in [1.165, 1.54) is 13.8 Å². The minimum atomic E-state index is -4.70. The molecule has 0 aromatic carbocycles. The van der Waals surface area contributed by atoms with Crippen LogP contribution in [-0.4, -0.2) is 47.4 Å². The van der Waals surface area contributed by atoms with Gasteiger partial charge in [-0.1, -0.05) is 6.92 Å². The van der Waals surface area contributed by atoms with Crippen LogP contribution in [0.3, 0.4) is 0 Å². The van der Waals surface area contributed by atoms with Gasteiger partial charge in [0.25, 0.3) is 0 Å². The van der Waals surface area contributed by atoms with E-state index in [9.17, 15) is 32.7 Å². The van der Waals surface area contributed by atoms with Gasteiger partial charge in [0.15, 0.2) is 5.78 Å². The zero-order valence-corrected chi connectivity index (χ0v) is 15.5. The van der Waals surface area contributed by atoms with E-state index in [2.05, 4.69) is 9.72 Å². The maximum Gasteiger partial charge on any atom is 0.433 e. The Labute approximate surface area is 158 Å². The number of pyridine rings is 1. The average Bonchev–Trinajstić information content (AvgIpc) is 2.63. The average molecular weight is 401 g/mol. The van der Waals surface area contributed by atoms with Crippen LogP contribution in [0.15, 0.2) is 17.7 Å². The van der Waals surface area contributed by atoms with Gasteiger partial charge in [-0.05, 0) is 19.1 Å². The van der Waals surface area contributed by atoms with E-state index < -0.39 is 52.3 Å². The number of carbonyl (C=O) groups excluding carboxylic acids is 3. The molecule has 0 saturated heterocycles. The molecule has 152 valence electrons. The Hall–Kier alpha value is -2.75. The minimum absolute atomic E-state index is 0.242. The highest BCUT2D eigenvalue weighted by atomic mass is 19.4. The summed E-state index contributed by atoms with van der Waals surface area (Å²) in [7, 11) is 2.11. The van der Waals surface area contributed by atoms with Crippen molar-refractivity contribution in [1.29, 1.82) is 0 Å². The summed E-state index contributed by atoms with van der Waals surface area (Å²) >= 11 is 0. The van der Waals surface area contributed by atoms with Gasteiger partial charge in [-0.2, -0.15) is 13.2 Å². The Morgan fingerprint density at radius 1 is 1.29 bits per heavy atom. The van der Waals surface area contributed by atoms with Crippen molar-refractivity contribution in [1.82, 2.24) is 4.98 Å². The summed E-state index contributed by atoms with van der Waals surface area (Å²) in [5.74, 6) is -4.70. The molecule has 1 aliphatic carbocycles. The quantitative estimate of drug-likeness (QED) is 0.273. The summed E-state index contributed by atoms with van der Waals surface area (Å²) in [6, 6.07) is 1.52. The number of ether oxygens (including phenoxy) is 2. The summed E-state index contributed by atoms with van der Waals surface area (Å²) in [6.07, 6.45) is -5.00. The van der Waals surface area contributed by atoms with Crippen LogP contribution in [0.2, 0.25) is 0 Å². The highest BCUT2D eigenvalue weighted by Gasteiger charge is 2.56. The highest BCUT2D eigenvalue weighted by molar-refractivity contribution is 6.33. The van der Waals surface area contributed by atoms with Crippen molar-refractivity contribution in [3.05, 3.63) is 34.7 Å². The molecule has 28 heavy (non-hydrogen) atoms. The number of nitrogens with zero attached hydrogens (tertiary/aromatic N) is 1. The van der Waals surface area contributed by atoms with Crippen molar-refractivity contribution in [2.45, 2.75) is 32.0 Å². The van der Waals surface area contributed by atoms with Gasteiger partial charge in [0.2, 0.25) is 11.4 Å². The molecule has 0 radical (unpaired) electrons. The summed E-state index contributed by atoms with van der Waals surface area (Å²) in [5, 5.41) is 10.6. The fraction of sp³-hybridized carbons (Fsp3) is 0.444. The Morgan fingerprint density at radius 2 is 1.89 bits per heavy atom. The molecular formula is C18H18F3NO6. The maximum absolute atomic E-state index is 12.9. The molecule has 7 nitrogen and oxygen atoms in total. The van der Waals surface area contributed by atoms with Gasteiger partial charge >= 0.3 is 12.1 Å². The number of hydrogen-bond donors (Lipinski definition) is 1. The molecule has 0 amide bonds. The van der Waals surface area contributed by atoms with Gasteiger partial charge in [-0.15, -0.1) is 0 Å². The number of aryl methyl sites for hydroxylation is 1. The second-order valence-corrected chi connectivity index (χ2v) is 6.37. The molecule has 1 N–H and O–H groups in total. The topological polar surface area (TPSA) is 103 Å². The number of ketones is 2. The number of alkyl halides is 3. The summed E-state index contributed by atoms with van der Waals surface area (Å²) in [4.78, 5) is 41.0. The zero-order chi connectivity index (χ0) is 21.4. The molecule has 2 rings (SSSR count). The van der Waals surface area contributed by atoms with E-state index in [0.717, 1.165) is 20.3 Å². The second kappa shape index (κ2) is 7.34. The van der Waals surface area contributed by atoms with E-state index in [1.54, 1.807) is 0 Å². The van der Waals surface area contributed by atoms with Crippen molar-refractivity contribution in [3.8, 4) is 0 Å². The van der Waals surface area contributed by atoms with Crippen molar-refractivity contribution < 1.29 is 42.1 Å². The SMILES string of the molecule is COC(=O)C1(OC)CC(C)C(=O)/C(=C(/O)c2ccc(C(F)(F)F)nc2C)C1=O. The van der Waals surface area contributed by atoms with E-state index >= 15 is 0 Å². The fourth-order valence-corrected chi connectivity index (χ4v) is 3.11. The molecule has 1 heterocycles. The number of aromatic nitrogens is 1. The van der Waals surface area contributed by atoms with Crippen LogP contribution < -0.4 is 0 Å². The Kier molecular flexibility index (Phi) is 5.65. The molecule has 1 fully saturated rings. The lowest BCUT2D eigenvalue weighted by Gasteiger charge is -2.35. The van der Waals surface area contributed by atoms with Crippen LogP contribution >= 0.6 is 0 Å². The van der Waals surface area contributed by atoms with Crippen LogP contribution in [0.4, 0.5) is 13.2 Å². The Balaban J connectivity index is 2.68. The first kappa shape index (κ1) is 21.5. The molecule has 1 aliphatic rings. The second-order valence-electron chi connectivity index (χ2n) is 6.37. The van der Waals surface area contributed by atoms with Crippen LogP contribution in [0.1, 0.15) is 30.3 Å². The monoisotopic (exact) mass is 401 g/mol. The highest BCUT2D eigenvalue weighted by Crippen LogP contribution is 2.37. The lowest BCUT2D eigenvalue weighted by atomic mass is 9.73. The first-order valence-electron chi connectivity index (χ1n) is 8.11. The predicted molar refractivity (Wildman–Crippen MR) is 89.1 cm³/mol. The standard InChI is InChI=1S/C18H18F3NO6/c1-8-7-17(28-4,16(26)27-3)15(25)12(13(8)23)14(24)10-5-6-11(18(19,20)21)22-9(10)2/h5-6,8,24H,7H2,1-4H3/b14-12-. The molecule has 10 heteroatoms. The number of halogens is 3. The summed E-state index contributed by atoms with van der Waals surface area (Å²) in [5.41, 5.74) is -4.57. The molecule has 2 atom stereocenters. The molecule has 1 aromatic heterocycles. The molecule has 0 spiro atoms. The van der Waals surface area contributed by atoms with Gasteiger partial charge in [-0.25, -0.2) is 9.78 Å². The molecule has 0 bridgehead atoms. The van der Waals surface area contributed by atoms with Gasteiger partial charge in [-0.3, -0.25) is 9.59 Å². The normalized spacial score (nSPS) is 24.9. The van der Waals surface area contributed by atoms with Crippen molar-refractivity contribution in [2.75, 3.05) is 14.2 Å². The van der Waals surface area contributed by atoms with Crippen LogP contribution in [0, 0.1) is 12.8 Å². The van der Waals surface area contributed by atoms with E-state index in [1.807, 2.05) is 0 Å². The number of methoxy groups -OCH3 is 2. The fourth-order valence-electron chi connectivity index (χ4n) is 3.11. The number of aliphatic hydroxyl groups is 1. The third-order valence-electron chi connectivity index (χ3n) is 4.61. The number of esters is 1. The van der Waals surface area contributed by atoms with Crippen LogP contribution in [-0.2, 0) is 30.0 Å². The number of Topliss-reactive ketones (excluding diaryl/α,β-unsaturated/α-hetero) is 2. The Morgan fingerprint density at radius 3 is 2.36 bits per heavy atom. The largest absolute Gasteiger partial charge is 0.506 e. The van der Waals surface area contributed by atoms with Gasteiger partial charge in [0.1, 0.15) is 17.0 Å². The lowest BCUT2D eigenvalue weighted by molar-refractivity contribution is -0.174. The first-order valence-corrected chi connectivity index (χ1v) is 8.11. The predicted octanol–water partition coefficient (Wildman–Crippen LogP) is 2.41. The summed E-state index contributed by atoms with van der Waals surface area (Å²) in [6.45, 7) is 2.61. The lowest BCUT2D eigenvalue weighted by Crippen LogP contribution is -2.56. The van der Waals surface area contributed by atoms with Crippen molar-refractivity contribution in [2.24, 2.45) is 5.92 Å². The van der Waals surface area contributed by atoms with Crippen LogP contribution in [0.5, 0.6) is 0 Å². The van der Waals surface area contributed by atoms with Gasteiger partial charge in [0, 0.05) is 30.7 Å². The molecule has 2 unspecified atom stereocenters. The van der Waals surface area contributed by atoms with Crippen molar-refractivity contribution >= 4 is 23.3 Å². The molecule has 1 saturated carbocycles. The Bertz CT molecular complexity index is 877. The number of aliphatic hydroxyl groups excluding tert-OH is 1. The van der Waals surface area contributed by atoms with Gasteiger partial charge in [0.05, 0.1) is 7.11 Å². The summed E-state index contributed by atoms with van der Waals surface area (Å²) < 4.78 is 48.1. The number of rotatable bonds is 3. The molecule has 0 aliphatic heterocycles. The smallest absolute Gasteiger partial charge is 0.433 e. The van der Waals surface area contributed by atoms with E-state index in [0.29, 0.717) is 6.07 Å². The number of carbonyl (C=O) groups is 3. The van der Waals surface area contributed by atoms with Crippen molar-refractivity contribution in [3.63, 3.8) is 0 Å². The van der Waals surface area contributed by atoms with Crippen LogP contribution in [0.25, 0.3) is 5.76 Å². The molecular weight excluding hydrogens is 383 g/mol. The minimum Gasteiger partial charge on any atom is -0.506 e. The maximum atomic E-state index is 12.9. The number of hydrogen-bond acceptors (Lipinski definition) is 7. The molecule has 1 aromatic rings. The van der Waals surface area contributed by atoms with E-state index in [-0.39, 0.29) is 17.7 Å². The van der Waals surface area contributed by atoms with Gasteiger partial charge < -0.3 is 14.6 Å².